The van der Waals surface area contributed by atoms with Gasteiger partial charge < -0.3 is 5.32 Å². The Bertz CT molecular complexity index is 649. The van der Waals surface area contributed by atoms with Crippen molar-refractivity contribution in [3.8, 4) is 0 Å². The predicted octanol–water partition coefficient (Wildman–Crippen LogP) is 3.03. The molecule has 2 rings (SSSR count). The molecule has 7 heteroatoms. The van der Waals surface area contributed by atoms with E-state index in [0.29, 0.717) is 19.5 Å². The van der Waals surface area contributed by atoms with Gasteiger partial charge in [-0.1, -0.05) is 6.07 Å². The van der Waals surface area contributed by atoms with Crippen molar-refractivity contribution < 1.29 is 18.0 Å². The molecule has 1 N–H and O–H groups in total. The summed E-state index contributed by atoms with van der Waals surface area (Å²) in [5.74, 6) is -0.511. The second kappa shape index (κ2) is 6.64. The fourth-order valence-corrected chi connectivity index (χ4v) is 1.97. The number of hydrogen-bond donors (Lipinski definition) is 1. The predicted molar refractivity (Wildman–Crippen MR) is 75.4 cm³/mol. The van der Waals surface area contributed by atoms with Crippen molar-refractivity contribution in [2.24, 2.45) is 0 Å². The van der Waals surface area contributed by atoms with E-state index in [2.05, 4.69) is 10.4 Å². The van der Waals surface area contributed by atoms with E-state index in [4.69, 9.17) is 0 Å². The Morgan fingerprint density at radius 2 is 2.14 bits per heavy atom. The van der Waals surface area contributed by atoms with E-state index in [1.807, 2.05) is 13.1 Å². The first kappa shape index (κ1) is 16.1. The largest absolute Gasteiger partial charge is 0.416 e. The van der Waals surface area contributed by atoms with E-state index >= 15 is 0 Å². The lowest BCUT2D eigenvalue weighted by molar-refractivity contribution is -0.137. The Balaban J connectivity index is 1.84. The zero-order valence-corrected chi connectivity index (χ0v) is 12.0. The lowest BCUT2D eigenvalue weighted by atomic mass is 10.1. The van der Waals surface area contributed by atoms with Crippen LogP contribution in [-0.2, 0) is 12.7 Å². The first-order chi connectivity index (χ1) is 10.4. The Morgan fingerprint density at radius 3 is 2.77 bits per heavy atom. The van der Waals surface area contributed by atoms with Crippen LogP contribution in [0.1, 0.15) is 27.9 Å². The van der Waals surface area contributed by atoms with E-state index in [0.717, 1.165) is 17.7 Å². The number of amides is 1. The first-order valence-corrected chi connectivity index (χ1v) is 6.81. The van der Waals surface area contributed by atoms with Gasteiger partial charge in [-0.3, -0.25) is 9.48 Å². The fourth-order valence-electron chi connectivity index (χ4n) is 1.97. The average molecular weight is 311 g/mol. The smallest absolute Gasteiger partial charge is 0.352 e. The molecule has 4 nitrogen and oxygen atoms in total. The van der Waals surface area contributed by atoms with Gasteiger partial charge in [0, 0.05) is 24.8 Å². The van der Waals surface area contributed by atoms with Gasteiger partial charge in [-0.05, 0) is 37.1 Å². The summed E-state index contributed by atoms with van der Waals surface area (Å²) in [6.07, 6.45) is -0.185. The molecule has 0 bridgehead atoms. The molecule has 1 aromatic carbocycles. The summed E-state index contributed by atoms with van der Waals surface area (Å²) in [5.41, 5.74) is 0.227. The summed E-state index contributed by atoms with van der Waals surface area (Å²) < 4.78 is 39.5. The van der Waals surface area contributed by atoms with Crippen LogP contribution in [0.5, 0.6) is 0 Å². The van der Waals surface area contributed by atoms with Gasteiger partial charge in [0.05, 0.1) is 11.8 Å². The Kier molecular flexibility index (Phi) is 4.85. The van der Waals surface area contributed by atoms with Crippen LogP contribution in [0.3, 0.4) is 0 Å². The van der Waals surface area contributed by atoms with E-state index in [-0.39, 0.29) is 5.56 Å². The average Bonchev–Trinajstić information content (AvgIpc) is 2.88. The summed E-state index contributed by atoms with van der Waals surface area (Å²) >= 11 is 0. The highest BCUT2D eigenvalue weighted by Gasteiger charge is 2.30. The lowest BCUT2D eigenvalue weighted by Crippen LogP contribution is -2.25. The van der Waals surface area contributed by atoms with Gasteiger partial charge >= 0.3 is 6.18 Å². The minimum absolute atomic E-state index is 0.00441. The molecule has 0 saturated heterocycles. The summed E-state index contributed by atoms with van der Waals surface area (Å²) in [6.45, 7) is 2.93. The number of hydrogen-bond acceptors (Lipinski definition) is 2. The molecule has 0 aliphatic rings. The van der Waals surface area contributed by atoms with Crippen molar-refractivity contribution in [1.29, 1.82) is 0 Å². The van der Waals surface area contributed by atoms with Crippen LogP contribution in [0.15, 0.2) is 36.7 Å². The van der Waals surface area contributed by atoms with Crippen LogP contribution in [0.4, 0.5) is 13.2 Å². The maximum atomic E-state index is 12.6. The van der Waals surface area contributed by atoms with Gasteiger partial charge in [0.1, 0.15) is 0 Å². The summed E-state index contributed by atoms with van der Waals surface area (Å²) in [5, 5.41) is 6.72. The summed E-state index contributed by atoms with van der Waals surface area (Å²) in [6, 6.07) is 4.38. The lowest BCUT2D eigenvalue weighted by Gasteiger charge is -2.09. The van der Waals surface area contributed by atoms with Crippen molar-refractivity contribution in [3.63, 3.8) is 0 Å². The minimum atomic E-state index is -4.45. The standard InChI is InChI=1S/C15H16F3N3O/c1-11-9-20-21(10-11)7-3-6-19-14(22)12-4-2-5-13(8-12)15(16,17)18/h2,4-5,8-10H,3,6-7H2,1H3,(H,19,22). The van der Waals surface area contributed by atoms with Crippen molar-refractivity contribution in [1.82, 2.24) is 15.1 Å². The van der Waals surface area contributed by atoms with Crippen LogP contribution in [-0.4, -0.2) is 22.2 Å². The number of alkyl halides is 3. The first-order valence-electron chi connectivity index (χ1n) is 6.81. The zero-order chi connectivity index (χ0) is 16.2. The second-order valence-corrected chi connectivity index (χ2v) is 4.97. The summed E-state index contributed by atoms with van der Waals surface area (Å²) in [4.78, 5) is 11.8. The zero-order valence-electron chi connectivity index (χ0n) is 12.0. The van der Waals surface area contributed by atoms with Crippen LogP contribution >= 0.6 is 0 Å². The normalized spacial score (nSPS) is 11.5. The van der Waals surface area contributed by atoms with Gasteiger partial charge in [0.2, 0.25) is 0 Å². The number of benzene rings is 1. The maximum Gasteiger partial charge on any atom is 0.416 e. The number of carbonyl (C=O) groups excluding carboxylic acids is 1. The van der Waals surface area contributed by atoms with Gasteiger partial charge in [0.25, 0.3) is 5.91 Å². The van der Waals surface area contributed by atoms with Crippen molar-refractivity contribution >= 4 is 5.91 Å². The minimum Gasteiger partial charge on any atom is -0.352 e. The Hall–Kier alpha value is -2.31. The molecular formula is C15H16F3N3O. The number of carbonyl (C=O) groups is 1. The molecule has 2 aromatic rings. The molecule has 22 heavy (non-hydrogen) atoms. The van der Waals surface area contributed by atoms with Crippen LogP contribution in [0.25, 0.3) is 0 Å². The number of rotatable bonds is 5. The molecule has 0 fully saturated rings. The van der Waals surface area contributed by atoms with Crippen molar-refractivity contribution in [2.45, 2.75) is 26.1 Å². The second-order valence-electron chi connectivity index (χ2n) is 4.97. The highest BCUT2D eigenvalue weighted by molar-refractivity contribution is 5.94. The molecule has 0 radical (unpaired) electrons. The number of nitrogens with zero attached hydrogens (tertiary/aromatic N) is 2. The summed E-state index contributed by atoms with van der Waals surface area (Å²) in [7, 11) is 0. The van der Waals surface area contributed by atoms with Gasteiger partial charge in [0.15, 0.2) is 0 Å². The SMILES string of the molecule is Cc1cnn(CCCNC(=O)c2cccc(C(F)(F)F)c2)c1. The van der Waals surface area contributed by atoms with E-state index < -0.39 is 17.6 Å². The quantitative estimate of drug-likeness (QED) is 0.863. The van der Waals surface area contributed by atoms with Crippen LogP contribution < -0.4 is 5.32 Å². The molecule has 0 spiro atoms. The van der Waals surface area contributed by atoms with E-state index in [1.54, 1.807) is 10.9 Å². The molecule has 0 unspecified atom stereocenters. The van der Waals surface area contributed by atoms with Gasteiger partial charge in [-0.2, -0.15) is 18.3 Å². The third-order valence-electron chi connectivity index (χ3n) is 3.06. The molecule has 0 atom stereocenters. The number of nitrogens with one attached hydrogen (secondary N) is 1. The number of aryl methyl sites for hydroxylation is 2. The monoisotopic (exact) mass is 311 g/mol. The van der Waals surface area contributed by atoms with Crippen LogP contribution in [0, 0.1) is 6.92 Å². The highest BCUT2D eigenvalue weighted by Crippen LogP contribution is 2.29. The van der Waals surface area contributed by atoms with Crippen molar-refractivity contribution in [2.75, 3.05) is 6.54 Å². The molecule has 1 heterocycles. The van der Waals surface area contributed by atoms with Gasteiger partial charge in [-0.25, -0.2) is 0 Å². The van der Waals surface area contributed by atoms with Crippen LogP contribution in [0.2, 0.25) is 0 Å². The Labute approximate surface area is 125 Å². The molecule has 1 amide bonds. The molecule has 0 aliphatic heterocycles. The molecule has 0 aliphatic carbocycles. The number of halogens is 3. The fraction of sp³-hybridized carbons (Fsp3) is 0.333. The highest BCUT2D eigenvalue weighted by atomic mass is 19.4. The molecular weight excluding hydrogens is 295 g/mol. The maximum absolute atomic E-state index is 12.6. The molecule has 1 aromatic heterocycles. The van der Waals surface area contributed by atoms with Gasteiger partial charge in [-0.15, -0.1) is 0 Å². The Morgan fingerprint density at radius 1 is 1.36 bits per heavy atom. The third kappa shape index (κ3) is 4.34. The van der Waals surface area contributed by atoms with E-state index in [1.165, 1.54) is 12.1 Å². The van der Waals surface area contributed by atoms with Crippen molar-refractivity contribution in [3.05, 3.63) is 53.3 Å². The number of aromatic nitrogens is 2. The topological polar surface area (TPSA) is 46.9 Å². The molecule has 0 saturated carbocycles. The van der Waals surface area contributed by atoms with E-state index in [9.17, 15) is 18.0 Å². The third-order valence-corrected chi connectivity index (χ3v) is 3.06. The molecule has 118 valence electrons.